The summed E-state index contributed by atoms with van der Waals surface area (Å²) in [5.74, 6) is -0.152. The van der Waals surface area contributed by atoms with Crippen LogP contribution in [-0.2, 0) is 12.8 Å². The predicted molar refractivity (Wildman–Crippen MR) is 48.4 cm³/mol. The fraction of sp³-hybridized carbons (Fsp3) is 0.364. The third kappa shape index (κ3) is 1.37. The first-order valence-corrected chi connectivity index (χ1v) is 4.58. The molecule has 1 aliphatic rings. The van der Waals surface area contributed by atoms with Gasteiger partial charge >= 0.3 is 0 Å². The highest BCUT2D eigenvalue weighted by Crippen LogP contribution is 2.25. The maximum atomic E-state index is 13.3. The van der Waals surface area contributed by atoms with Gasteiger partial charge in [0.05, 0.1) is 0 Å². The molecule has 0 amide bonds. The molecular formula is C11H11FO. The average Bonchev–Trinajstić information content (AvgIpc) is 2.19. The summed E-state index contributed by atoms with van der Waals surface area (Å²) in [6.45, 7) is 0. The number of rotatable bonds is 1. The number of halogens is 1. The summed E-state index contributed by atoms with van der Waals surface area (Å²) >= 11 is 0. The van der Waals surface area contributed by atoms with E-state index >= 15 is 0 Å². The minimum Gasteiger partial charge on any atom is -0.298 e. The second-order valence-corrected chi connectivity index (χ2v) is 3.42. The Morgan fingerprint density at radius 3 is 2.54 bits per heavy atom. The second kappa shape index (κ2) is 3.29. The molecule has 0 heterocycles. The molecule has 1 nitrogen and oxygen atoms in total. The van der Waals surface area contributed by atoms with E-state index in [1.807, 2.05) is 0 Å². The van der Waals surface area contributed by atoms with Crippen LogP contribution in [0.3, 0.4) is 0 Å². The van der Waals surface area contributed by atoms with E-state index in [0.29, 0.717) is 5.56 Å². The average molecular weight is 178 g/mol. The van der Waals surface area contributed by atoms with Crippen molar-refractivity contribution in [2.24, 2.45) is 0 Å². The van der Waals surface area contributed by atoms with Gasteiger partial charge in [0.1, 0.15) is 12.1 Å². The number of carbonyl (C=O) groups is 1. The highest BCUT2D eigenvalue weighted by molar-refractivity contribution is 5.78. The molecule has 0 bridgehead atoms. The smallest absolute Gasteiger partial charge is 0.150 e. The van der Waals surface area contributed by atoms with E-state index in [2.05, 4.69) is 0 Å². The minimum absolute atomic E-state index is 0.152. The number of hydrogen-bond donors (Lipinski definition) is 0. The van der Waals surface area contributed by atoms with E-state index in [4.69, 9.17) is 0 Å². The third-order valence-corrected chi connectivity index (χ3v) is 2.64. The molecule has 0 spiro atoms. The van der Waals surface area contributed by atoms with Crippen molar-refractivity contribution in [1.29, 1.82) is 0 Å². The molecular weight excluding hydrogens is 167 g/mol. The summed E-state index contributed by atoms with van der Waals surface area (Å²) in [7, 11) is 0. The normalized spacial score (nSPS) is 15.2. The highest BCUT2D eigenvalue weighted by atomic mass is 19.1. The van der Waals surface area contributed by atoms with E-state index in [-0.39, 0.29) is 5.82 Å². The second-order valence-electron chi connectivity index (χ2n) is 3.42. The zero-order valence-electron chi connectivity index (χ0n) is 7.35. The van der Waals surface area contributed by atoms with Gasteiger partial charge in [-0.05, 0) is 48.9 Å². The van der Waals surface area contributed by atoms with Crippen LogP contribution >= 0.6 is 0 Å². The van der Waals surface area contributed by atoms with Gasteiger partial charge in [-0.3, -0.25) is 4.79 Å². The van der Waals surface area contributed by atoms with E-state index in [9.17, 15) is 9.18 Å². The Bertz CT molecular complexity index is 344. The Morgan fingerprint density at radius 2 is 1.85 bits per heavy atom. The van der Waals surface area contributed by atoms with E-state index in [1.165, 1.54) is 6.07 Å². The zero-order chi connectivity index (χ0) is 9.26. The summed E-state index contributed by atoms with van der Waals surface area (Å²) in [6.07, 6.45) is 4.55. The maximum absolute atomic E-state index is 13.3. The van der Waals surface area contributed by atoms with Crippen LogP contribution < -0.4 is 0 Å². The SMILES string of the molecule is O=Cc1ccc(F)c2c1CCCC2. The molecule has 68 valence electrons. The standard InChI is InChI=1S/C11H11FO/c12-11-6-5-8(7-13)9-3-1-2-4-10(9)11/h5-7H,1-4H2. The minimum atomic E-state index is -0.152. The fourth-order valence-electron chi connectivity index (χ4n) is 1.96. The molecule has 2 rings (SSSR count). The van der Waals surface area contributed by atoms with Gasteiger partial charge in [-0.1, -0.05) is 0 Å². The third-order valence-electron chi connectivity index (χ3n) is 2.64. The molecule has 13 heavy (non-hydrogen) atoms. The number of carbonyl (C=O) groups excluding carboxylic acids is 1. The molecule has 0 unspecified atom stereocenters. The Morgan fingerprint density at radius 1 is 1.15 bits per heavy atom. The number of hydrogen-bond acceptors (Lipinski definition) is 1. The van der Waals surface area contributed by atoms with Crippen LogP contribution in [0.4, 0.5) is 4.39 Å². The molecule has 0 atom stereocenters. The molecule has 0 saturated heterocycles. The molecule has 0 N–H and O–H groups in total. The van der Waals surface area contributed by atoms with E-state index in [1.54, 1.807) is 6.07 Å². The van der Waals surface area contributed by atoms with Gasteiger partial charge in [0.2, 0.25) is 0 Å². The number of benzene rings is 1. The lowest BCUT2D eigenvalue weighted by molar-refractivity contribution is 0.112. The summed E-state index contributed by atoms with van der Waals surface area (Å²) < 4.78 is 13.3. The Labute approximate surface area is 76.6 Å². The first kappa shape index (κ1) is 8.42. The first-order chi connectivity index (χ1) is 6.33. The number of fused-ring (bicyclic) bond motifs is 1. The zero-order valence-corrected chi connectivity index (χ0v) is 7.35. The molecule has 0 radical (unpaired) electrons. The molecule has 0 aromatic heterocycles. The molecule has 1 aliphatic carbocycles. The van der Waals surface area contributed by atoms with Crippen LogP contribution in [0, 0.1) is 5.82 Å². The largest absolute Gasteiger partial charge is 0.298 e. The summed E-state index contributed by atoms with van der Waals surface area (Å²) in [6, 6.07) is 2.97. The van der Waals surface area contributed by atoms with E-state index in [0.717, 1.165) is 43.1 Å². The summed E-state index contributed by atoms with van der Waals surface area (Å²) in [4.78, 5) is 10.7. The van der Waals surface area contributed by atoms with Crippen LogP contribution in [0.2, 0.25) is 0 Å². The molecule has 0 saturated carbocycles. The Kier molecular flexibility index (Phi) is 2.13. The van der Waals surface area contributed by atoms with Crippen LogP contribution in [0.25, 0.3) is 0 Å². The van der Waals surface area contributed by atoms with Crippen molar-refractivity contribution < 1.29 is 9.18 Å². The van der Waals surface area contributed by atoms with Crippen molar-refractivity contribution in [3.8, 4) is 0 Å². The van der Waals surface area contributed by atoms with Crippen LogP contribution in [0.5, 0.6) is 0 Å². The van der Waals surface area contributed by atoms with Crippen LogP contribution in [0.1, 0.15) is 34.3 Å². The van der Waals surface area contributed by atoms with Crippen molar-refractivity contribution in [1.82, 2.24) is 0 Å². The summed E-state index contributed by atoms with van der Waals surface area (Å²) in [5.41, 5.74) is 2.35. The monoisotopic (exact) mass is 178 g/mol. The van der Waals surface area contributed by atoms with Gasteiger partial charge in [-0.25, -0.2) is 4.39 Å². The molecule has 0 aliphatic heterocycles. The lowest BCUT2D eigenvalue weighted by atomic mass is 9.88. The van der Waals surface area contributed by atoms with Gasteiger partial charge < -0.3 is 0 Å². The van der Waals surface area contributed by atoms with Crippen LogP contribution in [0.15, 0.2) is 12.1 Å². The molecule has 1 aromatic carbocycles. The fourth-order valence-corrected chi connectivity index (χ4v) is 1.96. The van der Waals surface area contributed by atoms with Crippen LogP contribution in [-0.4, -0.2) is 6.29 Å². The Hall–Kier alpha value is -1.18. The Balaban J connectivity index is 2.58. The maximum Gasteiger partial charge on any atom is 0.150 e. The van der Waals surface area contributed by atoms with Gasteiger partial charge in [0, 0.05) is 5.56 Å². The molecule has 0 fully saturated rings. The van der Waals surface area contributed by atoms with Gasteiger partial charge in [0.25, 0.3) is 0 Å². The highest BCUT2D eigenvalue weighted by Gasteiger charge is 2.16. The van der Waals surface area contributed by atoms with Crippen molar-refractivity contribution in [2.45, 2.75) is 25.7 Å². The van der Waals surface area contributed by atoms with Crippen molar-refractivity contribution in [3.05, 3.63) is 34.6 Å². The van der Waals surface area contributed by atoms with Crippen molar-refractivity contribution >= 4 is 6.29 Å². The summed E-state index contributed by atoms with van der Waals surface area (Å²) in [5, 5.41) is 0. The van der Waals surface area contributed by atoms with E-state index < -0.39 is 0 Å². The molecule has 2 heteroatoms. The number of aldehydes is 1. The van der Waals surface area contributed by atoms with Gasteiger partial charge in [-0.15, -0.1) is 0 Å². The quantitative estimate of drug-likeness (QED) is 0.604. The van der Waals surface area contributed by atoms with Gasteiger partial charge in [-0.2, -0.15) is 0 Å². The molecule has 1 aromatic rings. The van der Waals surface area contributed by atoms with Gasteiger partial charge in [0.15, 0.2) is 0 Å². The first-order valence-electron chi connectivity index (χ1n) is 4.58. The van der Waals surface area contributed by atoms with Crippen molar-refractivity contribution in [3.63, 3.8) is 0 Å². The lowest BCUT2D eigenvalue weighted by Crippen LogP contribution is -2.08. The van der Waals surface area contributed by atoms with Crippen molar-refractivity contribution in [2.75, 3.05) is 0 Å². The predicted octanol–water partition coefficient (Wildman–Crippen LogP) is 2.52. The topological polar surface area (TPSA) is 17.1 Å². The lowest BCUT2D eigenvalue weighted by Gasteiger charge is -2.17.